The Kier molecular flexibility index (Phi) is 4.71. The van der Waals surface area contributed by atoms with Crippen molar-refractivity contribution in [1.29, 1.82) is 0 Å². The highest BCUT2D eigenvalue weighted by Gasteiger charge is 2.07. The molecule has 0 bridgehead atoms. The molecule has 3 heteroatoms. The molecule has 16 heavy (non-hydrogen) atoms. The van der Waals surface area contributed by atoms with E-state index in [9.17, 15) is 0 Å². The maximum atomic E-state index is 4.61. The Hall–Kier alpha value is -1.12. The first-order valence-electron chi connectivity index (χ1n) is 6.06. The molecule has 0 spiro atoms. The third kappa shape index (κ3) is 3.47. The molecule has 0 radical (unpaired) electrons. The Balaban J connectivity index is 2.72. The fourth-order valence-corrected chi connectivity index (χ4v) is 1.82. The summed E-state index contributed by atoms with van der Waals surface area (Å²) in [6.07, 6.45) is 3.48. The number of nitrogens with zero attached hydrogens (tertiary/aromatic N) is 2. The Morgan fingerprint density at radius 2 is 1.81 bits per heavy atom. The second kappa shape index (κ2) is 5.83. The van der Waals surface area contributed by atoms with Crippen LogP contribution in [0.15, 0.2) is 0 Å². The van der Waals surface area contributed by atoms with Gasteiger partial charge in [-0.05, 0) is 32.6 Å². The third-order valence-electron chi connectivity index (χ3n) is 2.77. The lowest BCUT2D eigenvalue weighted by Crippen LogP contribution is -2.05. The molecule has 0 amide bonds. The van der Waals surface area contributed by atoms with Crippen molar-refractivity contribution in [2.45, 2.75) is 47.0 Å². The molecule has 0 aromatic carbocycles. The van der Waals surface area contributed by atoms with Gasteiger partial charge in [-0.25, -0.2) is 4.98 Å². The van der Waals surface area contributed by atoms with Crippen LogP contribution in [0.1, 0.15) is 43.8 Å². The molecule has 1 aromatic rings. The fourth-order valence-electron chi connectivity index (χ4n) is 1.82. The lowest BCUT2D eigenvalue weighted by atomic mass is 10.0. The monoisotopic (exact) mass is 221 g/mol. The molecule has 90 valence electrons. The van der Waals surface area contributed by atoms with Crippen LogP contribution in [-0.4, -0.2) is 17.0 Å². The second-order valence-electron chi connectivity index (χ2n) is 4.73. The Labute approximate surface area is 98.7 Å². The van der Waals surface area contributed by atoms with Crippen molar-refractivity contribution < 1.29 is 0 Å². The van der Waals surface area contributed by atoms with Gasteiger partial charge in [0.1, 0.15) is 5.82 Å². The number of hydrogen-bond acceptors (Lipinski definition) is 3. The molecule has 0 unspecified atom stereocenters. The van der Waals surface area contributed by atoms with E-state index in [2.05, 4.69) is 29.1 Å². The molecule has 1 N–H and O–H groups in total. The SMILES string of the molecule is CNc1nc(CCCC(C)C)c(C)nc1C. The quantitative estimate of drug-likeness (QED) is 0.830. The smallest absolute Gasteiger partial charge is 0.147 e. The van der Waals surface area contributed by atoms with Crippen molar-refractivity contribution in [3.05, 3.63) is 17.1 Å². The minimum atomic E-state index is 0.766. The van der Waals surface area contributed by atoms with Crippen LogP contribution in [0, 0.1) is 19.8 Å². The largest absolute Gasteiger partial charge is 0.372 e. The summed E-state index contributed by atoms with van der Waals surface area (Å²) in [5.41, 5.74) is 3.18. The topological polar surface area (TPSA) is 37.8 Å². The Morgan fingerprint density at radius 3 is 2.38 bits per heavy atom. The van der Waals surface area contributed by atoms with Crippen LogP contribution in [0.4, 0.5) is 5.82 Å². The van der Waals surface area contributed by atoms with Gasteiger partial charge in [-0.15, -0.1) is 0 Å². The summed E-state index contributed by atoms with van der Waals surface area (Å²) in [7, 11) is 1.89. The van der Waals surface area contributed by atoms with E-state index >= 15 is 0 Å². The highest BCUT2D eigenvalue weighted by molar-refractivity contribution is 5.40. The molecule has 0 aliphatic rings. The van der Waals surface area contributed by atoms with Crippen molar-refractivity contribution in [1.82, 2.24) is 9.97 Å². The highest BCUT2D eigenvalue weighted by atomic mass is 15.0. The first-order valence-corrected chi connectivity index (χ1v) is 6.06. The summed E-state index contributed by atoms with van der Waals surface area (Å²) in [6, 6.07) is 0. The fraction of sp³-hybridized carbons (Fsp3) is 0.692. The minimum absolute atomic E-state index is 0.766. The summed E-state index contributed by atoms with van der Waals surface area (Å²) in [5, 5.41) is 3.09. The van der Waals surface area contributed by atoms with E-state index in [1.807, 2.05) is 20.9 Å². The standard InChI is InChI=1S/C13H23N3/c1-9(2)7-6-8-12-10(3)15-11(4)13(14-5)16-12/h9H,6-8H2,1-5H3,(H,14,16). The number of hydrogen-bond donors (Lipinski definition) is 1. The summed E-state index contributed by atoms with van der Waals surface area (Å²) < 4.78 is 0. The average molecular weight is 221 g/mol. The minimum Gasteiger partial charge on any atom is -0.372 e. The van der Waals surface area contributed by atoms with E-state index in [-0.39, 0.29) is 0 Å². The van der Waals surface area contributed by atoms with Crippen molar-refractivity contribution in [2.75, 3.05) is 12.4 Å². The summed E-state index contributed by atoms with van der Waals surface area (Å²) in [6.45, 7) is 8.55. The van der Waals surface area contributed by atoms with E-state index in [0.29, 0.717) is 0 Å². The van der Waals surface area contributed by atoms with Crippen LogP contribution in [0.2, 0.25) is 0 Å². The van der Waals surface area contributed by atoms with Gasteiger partial charge in [-0.3, -0.25) is 4.98 Å². The molecule has 0 saturated carbocycles. The van der Waals surface area contributed by atoms with Gasteiger partial charge in [0.05, 0.1) is 17.1 Å². The summed E-state index contributed by atoms with van der Waals surface area (Å²) in [4.78, 5) is 9.13. The second-order valence-corrected chi connectivity index (χ2v) is 4.73. The maximum Gasteiger partial charge on any atom is 0.147 e. The number of rotatable bonds is 5. The van der Waals surface area contributed by atoms with Crippen LogP contribution >= 0.6 is 0 Å². The van der Waals surface area contributed by atoms with Crippen LogP contribution in [0.3, 0.4) is 0 Å². The molecule has 0 atom stereocenters. The van der Waals surface area contributed by atoms with Crippen LogP contribution in [0.5, 0.6) is 0 Å². The van der Waals surface area contributed by atoms with Gasteiger partial charge in [0.25, 0.3) is 0 Å². The number of nitrogens with one attached hydrogen (secondary N) is 1. The molecule has 0 fully saturated rings. The average Bonchev–Trinajstić information content (AvgIpc) is 2.20. The van der Waals surface area contributed by atoms with Gasteiger partial charge < -0.3 is 5.32 Å². The molecule has 0 saturated heterocycles. The predicted molar refractivity (Wildman–Crippen MR) is 68.8 cm³/mol. The van der Waals surface area contributed by atoms with E-state index in [4.69, 9.17) is 0 Å². The van der Waals surface area contributed by atoms with Crippen LogP contribution in [-0.2, 0) is 6.42 Å². The molecular formula is C13H23N3. The lowest BCUT2D eigenvalue weighted by Gasteiger charge is -2.10. The summed E-state index contributed by atoms with van der Waals surface area (Å²) >= 11 is 0. The van der Waals surface area contributed by atoms with Crippen LogP contribution in [0.25, 0.3) is 0 Å². The zero-order valence-corrected chi connectivity index (χ0v) is 11.1. The zero-order chi connectivity index (χ0) is 12.1. The summed E-state index contributed by atoms with van der Waals surface area (Å²) in [5.74, 6) is 1.67. The molecule has 3 nitrogen and oxygen atoms in total. The lowest BCUT2D eigenvalue weighted by molar-refractivity contribution is 0.551. The van der Waals surface area contributed by atoms with Gasteiger partial charge >= 0.3 is 0 Å². The number of aromatic nitrogens is 2. The molecule has 0 aliphatic carbocycles. The molecule has 0 aliphatic heterocycles. The first-order chi connectivity index (χ1) is 7.54. The predicted octanol–water partition coefficient (Wildman–Crippen LogP) is 3.11. The van der Waals surface area contributed by atoms with Gasteiger partial charge in [0.2, 0.25) is 0 Å². The Bertz CT molecular complexity index is 345. The van der Waals surface area contributed by atoms with E-state index in [0.717, 1.165) is 35.2 Å². The molecule has 1 heterocycles. The Morgan fingerprint density at radius 1 is 1.12 bits per heavy atom. The van der Waals surface area contributed by atoms with Gasteiger partial charge in [0.15, 0.2) is 0 Å². The zero-order valence-electron chi connectivity index (χ0n) is 11.1. The normalized spacial score (nSPS) is 10.9. The van der Waals surface area contributed by atoms with E-state index < -0.39 is 0 Å². The first kappa shape index (κ1) is 12.9. The number of anilines is 1. The van der Waals surface area contributed by atoms with Crippen molar-refractivity contribution in [3.63, 3.8) is 0 Å². The van der Waals surface area contributed by atoms with E-state index in [1.54, 1.807) is 0 Å². The molecule has 1 rings (SSSR count). The van der Waals surface area contributed by atoms with Gasteiger partial charge in [0, 0.05) is 7.05 Å². The number of aryl methyl sites for hydroxylation is 3. The van der Waals surface area contributed by atoms with Gasteiger partial charge in [-0.2, -0.15) is 0 Å². The van der Waals surface area contributed by atoms with E-state index in [1.165, 1.54) is 12.8 Å². The van der Waals surface area contributed by atoms with Crippen molar-refractivity contribution >= 4 is 5.82 Å². The molecule has 1 aromatic heterocycles. The highest BCUT2D eigenvalue weighted by Crippen LogP contribution is 2.15. The maximum absolute atomic E-state index is 4.61. The van der Waals surface area contributed by atoms with Crippen LogP contribution < -0.4 is 5.32 Å². The van der Waals surface area contributed by atoms with Crippen molar-refractivity contribution in [2.24, 2.45) is 5.92 Å². The molecular weight excluding hydrogens is 198 g/mol. The van der Waals surface area contributed by atoms with Gasteiger partial charge in [-0.1, -0.05) is 20.3 Å². The van der Waals surface area contributed by atoms with Crippen molar-refractivity contribution in [3.8, 4) is 0 Å². The third-order valence-corrected chi connectivity index (χ3v) is 2.77.